The Bertz CT molecular complexity index is 1220. The molecule has 7 nitrogen and oxygen atoms in total. The molecule has 0 fully saturated rings. The van der Waals surface area contributed by atoms with E-state index in [0.717, 1.165) is 22.9 Å². The van der Waals surface area contributed by atoms with Crippen LogP contribution in [0.15, 0.2) is 54.7 Å². The summed E-state index contributed by atoms with van der Waals surface area (Å²) < 4.78 is 31.0. The van der Waals surface area contributed by atoms with Crippen LogP contribution in [0.4, 0.5) is 8.78 Å². The van der Waals surface area contributed by atoms with Crippen molar-refractivity contribution < 1.29 is 8.78 Å². The molecule has 3 heterocycles. The highest BCUT2D eigenvalue weighted by molar-refractivity contribution is 5.37. The van der Waals surface area contributed by atoms with Crippen LogP contribution in [0, 0.1) is 11.6 Å². The second-order valence-electron chi connectivity index (χ2n) is 8.24. The molecule has 1 N–H and O–H groups in total. The van der Waals surface area contributed by atoms with Gasteiger partial charge in [-0.15, -0.1) is 5.10 Å². The summed E-state index contributed by atoms with van der Waals surface area (Å²) in [4.78, 5) is 2.13. The molecule has 164 valence electrons. The van der Waals surface area contributed by atoms with Crippen LogP contribution in [0.1, 0.15) is 60.1 Å². The molecule has 1 aliphatic rings. The number of aromatic amines is 1. The summed E-state index contributed by atoms with van der Waals surface area (Å²) in [6, 6.07) is 13.3. The first-order valence-electron chi connectivity index (χ1n) is 10.6. The maximum atomic E-state index is 15.1. The molecule has 2 atom stereocenters. The minimum absolute atomic E-state index is 0.182. The van der Waals surface area contributed by atoms with Crippen LogP contribution < -0.4 is 0 Å². The molecule has 2 aromatic heterocycles. The van der Waals surface area contributed by atoms with Gasteiger partial charge in [0.1, 0.15) is 6.04 Å². The van der Waals surface area contributed by atoms with Crippen molar-refractivity contribution in [1.82, 2.24) is 35.3 Å². The molecule has 1 aliphatic heterocycles. The minimum atomic E-state index is -0.894. The number of nitrogens with one attached hydrogen (secondary N) is 1. The van der Waals surface area contributed by atoms with Gasteiger partial charge in [-0.2, -0.15) is 5.10 Å². The summed E-state index contributed by atoms with van der Waals surface area (Å²) in [5.41, 5.74) is 3.16. The van der Waals surface area contributed by atoms with Crippen molar-refractivity contribution in [2.45, 2.75) is 38.4 Å². The molecule has 0 amide bonds. The number of nitrogens with zero attached hydrogens (tertiary/aromatic N) is 6. The zero-order chi connectivity index (χ0) is 22.2. The predicted octanol–water partition coefficient (Wildman–Crippen LogP) is 3.99. The van der Waals surface area contributed by atoms with Crippen molar-refractivity contribution in [3.05, 3.63) is 94.6 Å². The fraction of sp³-hybridized carbons (Fsp3) is 0.304. The molecule has 0 saturated carbocycles. The van der Waals surface area contributed by atoms with E-state index < -0.39 is 17.7 Å². The molecule has 0 radical (unpaired) electrons. The molecular formula is C23H23F2N7. The van der Waals surface area contributed by atoms with Crippen LogP contribution in [0.5, 0.6) is 0 Å². The molecule has 2 aromatic carbocycles. The van der Waals surface area contributed by atoms with E-state index in [1.165, 1.54) is 6.07 Å². The van der Waals surface area contributed by atoms with E-state index in [-0.39, 0.29) is 17.5 Å². The van der Waals surface area contributed by atoms with E-state index in [2.05, 4.69) is 44.5 Å². The van der Waals surface area contributed by atoms with Gasteiger partial charge in [0.25, 0.3) is 0 Å². The lowest BCUT2D eigenvalue weighted by atomic mass is 9.90. The smallest absolute Gasteiger partial charge is 0.173 e. The summed E-state index contributed by atoms with van der Waals surface area (Å²) in [5, 5.41) is 19.6. The van der Waals surface area contributed by atoms with Gasteiger partial charge in [-0.25, -0.2) is 13.5 Å². The maximum absolute atomic E-state index is 15.1. The van der Waals surface area contributed by atoms with Gasteiger partial charge in [0.15, 0.2) is 17.5 Å². The predicted molar refractivity (Wildman–Crippen MR) is 114 cm³/mol. The molecular weight excluding hydrogens is 412 g/mol. The first-order valence-corrected chi connectivity index (χ1v) is 10.6. The molecule has 2 unspecified atom stereocenters. The van der Waals surface area contributed by atoms with Gasteiger partial charge >= 0.3 is 0 Å². The standard InChI is InChI=1S/C23H23F2N7/c1-14(2)20-17(13-26-27-20)21(15-7-4-3-5-8-15)31-11-12-32-23(28-29-30-32)22(31)16-9-6-10-18(24)19(16)25/h3-10,13-14,21-22H,11-12H2,1-2H3,(H,26,27). The van der Waals surface area contributed by atoms with Gasteiger partial charge < -0.3 is 0 Å². The fourth-order valence-corrected chi connectivity index (χ4v) is 4.56. The Hall–Kier alpha value is -3.46. The van der Waals surface area contributed by atoms with Gasteiger partial charge in [0, 0.05) is 23.9 Å². The lowest BCUT2D eigenvalue weighted by Crippen LogP contribution is -2.42. The van der Waals surface area contributed by atoms with Crippen LogP contribution in [-0.4, -0.2) is 41.8 Å². The number of hydrogen-bond donors (Lipinski definition) is 1. The van der Waals surface area contributed by atoms with E-state index in [0.29, 0.717) is 18.9 Å². The average molecular weight is 435 g/mol. The fourth-order valence-electron chi connectivity index (χ4n) is 4.56. The number of aromatic nitrogens is 6. The number of fused-ring (bicyclic) bond motifs is 1. The van der Waals surface area contributed by atoms with Crippen molar-refractivity contribution in [1.29, 1.82) is 0 Å². The maximum Gasteiger partial charge on any atom is 0.173 e. The van der Waals surface area contributed by atoms with Crippen LogP contribution in [0.25, 0.3) is 0 Å². The van der Waals surface area contributed by atoms with E-state index in [9.17, 15) is 4.39 Å². The van der Waals surface area contributed by atoms with E-state index in [4.69, 9.17) is 0 Å². The van der Waals surface area contributed by atoms with E-state index >= 15 is 4.39 Å². The highest BCUT2D eigenvalue weighted by Crippen LogP contribution is 2.42. The van der Waals surface area contributed by atoms with Crippen LogP contribution in [0.3, 0.4) is 0 Å². The molecule has 32 heavy (non-hydrogen) atoms. The zero-order valence-electron chi connectivity index (χ0n) is 17.8. The molecule has 4 aromatic rings. The van der Waals surface area contributed by atoms with Crippen LogP contribution >= 0.6 is 0 Å². The molecule has 0 spiro atoms. The second-order valence-corrected chi connectivity index (χ2v) is 8.24. The summed E-state index contributed by atoms with van der Waals surface area (Å²) in [6.45, 7) is 5.25. The number of tetrazole rings is 1. The molecule has 0 saturated heterocycles. The van der Waals surface area contributed by atoms with E-state index in [1.807, 2.05) is 36.5 Å². The number of rotatable bonds is 5. The van der Waals surface area contributed by atoms with Crippen molar-refractivity contribution in [3.63, 3.8) is 0 Å². The number of benzene rings is 2. The molecule has 0 bridgehead atoms. The average Bonchev–Trinajstić information content (AvgIpc) is 3.47. The normalized spacial score (nSPS) is 17.5. The van der Waals surface area contributed by atoms with Crippen molar-refractivity contribution in [3.8, 4) is 0 Å². The Morgan fingerprint density at radius 2 is 1.84 bits per heavy atom. The third-order valence-electron chi connectivity index (χ3n) is 5.97. The summed E-state index contributed by atoms with van der Waals surface area (Å²) in [6.07, 6.45) is 1.89. The van der Waals surface area contributed by atoms with E-state index in [1.54, 1.807) is 10.7 Å². The van der Waals surface area contributed by atoms with Gasteiger partial charge in [-0.1, -0.05) is 56.3 Å². The Balaban J connectivity index is 1.72. The summed E-state index contributed by atoms with van der Waals surface area (Å²) in [7, 11) is 0. The largest absolute Gasteiger partial charge is 0.285 e. The van der Waals surface area contributed by atoms with Crippen LogP contribution in [-0.2, 0) is 6.54 Å². The third-order valence-corrected chi connectivity index (χ3v) is 5.97. The SMILES string of the molecule is CC(C)c1n[nH]cc1C(c1ccccc1)N1CCn2nnnc2C1c1cccc(F)c1F. The van der Waals surface area contributed by atoms with Crippen LogP contribution in [0.2, 0.25) is 0 Å². The Labute approximate surface area is 184 Å². The Morgan fingerprint density at radius 3 is 2.62 bits per heavy atom. The van der Waals surface area contributed by atoms with Gasteiger partial charge in [-0.3, -0.25) is 10.00 Å². The lowest BCUT2D eigenvalue weighted by Gasteiger charge is -2.41. The Morgan fingerprint density at radius 1 is 1.03 bits per heavy atom. The monoisotopic (exact) mass is 435 g/mol. The summed E-state index contributed by atoms with van der Waals surface area (Å²) >= 11 is 0. The number of halogens is 2. The van der Waals surface area contributed by atoms with Gasteiger partial charge in [0.2, 0.25) is 0 Å². The lowest BCUT2D eigenvalue weighted by molar-refractivity contribution is 0.131. The third kappa shape index (κ3) is 3.38. The zero-order valence-corrected chi connectivity index (χ0v) is 17.8. The second kappa shape index (κ2) is 8.23. The van der Waals surface area contributed by atoms with Crippen molar-refractivity contribution in [2.75, 3.05) is 6.54 Å². The first-order chi connectivity index (χ1) is 15.6. The topological polar surface area (TPSA) is 75.5 Å². The van der Waals surface area contributed by atoms with Gasteiger partial charge in [0.05, 0.1) is 18.3 Å². The molecule has 5 rings (SSSR count). The highest BCUT2D eigenvalue weighted by atomic mass is 19.2. The number of hydrogen-bond acceptors (Lipinski definition) is 5. The van der Waals surface area contributed by atoms with Crippen molar-refractivity contribution >= 4 is 0 Å². The quantitative estimate of drug-likeness (QED) is 0.513. The number of H-pyrrole nitrogens is 1. The highest BCUT2D eigenvalue weighted by Gasteiger charge is 2.40. The molecule has 9 heteroatoms. The molecule has 0 aliphatic carbocycles. The van der Waals surface area contributed by atoms with Crippen molar-refractivity contribution in [2.24, 2.45) is 0 Å². The minimum Gasteiger partial charge on any atom is -0.285 e. The first kappa shape index (κ1) is 20.4. The Kier molecular flexibility index (Phi) is 5.26. The van der Waals surface area contributed by atoms with Gasteiger partial charge in [-0.05, 0) is 28.0 Å². The summed E-state index contributed by atoms with van der Waals surface area (Å²) in [5.74, 6) is -1.12.